The summed E-state index contributed by atoms with van der Waals surface area (Å²) in [5.74, 6) is 0. The second kappa shape index (κ2) is 3.64. The van der Waals surface area contributed by atoms with E-state index in [9.17, 15) is 4.79 Å². The zero-order chi connectivity index (χ0) is 9.97. The van der Waals surface area contributed by atoms with Gasteiger partial charge in [-0.1, -0.05) is 12.1 Å². The normalized spacial score (nSPS) is 10.6. The number of hydrogen-bond acceptors (Lipinski definition) is 2. The first-order valence-corrected chi connectivity index (χ1v) is 4.61. The summed E-state index contributed by atoms with van der Waals surface area (Å²) in [7, 11) is 0. The molecule has 0 aliphatic rings. The summed E-state index contributed by atoms with van der Waals surface area (Å²) >= 11 is 0. The van der Waals surface area contributed by atoms with Crippen LogP contribution in [0.1, 0.15) is 5.56 Å². The van der Waals surface area contributed by atoms with E-state index in [4.69, 9.17) is 5.73 Å². The Morgan fingerprint density at radius 1 is 1.21 bits per heavy atom. The first-order chi connectivity index (χ1) is 6.79. The number of nitrogens with two attached hydrogens (primary N) is 1. The third-order valence-corrected chi connectivity index (χ3v) is 2.22. The monoisotopic (exact) mass is 188 g/mol. The lowest BCUT2D eigenvalue weighted by molar-refractivity contribution is 0.970. The quantitative estimate of drug-likeness (QED) is 0.739. The summed E-state index contributed by atoms with van der Waals surface area (Å²) in [6, 6.07) is 9.36. The molecule has 2 rings (SSSR count). The van der Waals surface area contributed by atoms with Gasteiger partial charge in [-0.25, -0.2) is 0 Å². The van der Waals surface area contributed by atoms with Crippen LogP contribution in [0.25, 0.3) is 10.9 Å². The van der Waals surface area contributed by atoms with Crippen LogP contribution >= 0.6 is 0 Å². The molecule has 0 atom stereocenters. The maximum atomic E-state index is 11.1. The van der Waals surface area contributed by atoms with E-state index in [1.165, 1.54) is 6.07 Å². The van der Waals surface area contributed by atoms with E-state index < -0.39 is 0 Å². The molecule has 1 heterocycles. The van der Waals surface area contributed by atoms with Gasteiger partial charge >= 0.3 is 0 Å². The molecule has 0 fully saturated rings. The van der Waals surface area contributed by atoms with E-state index in [0.717, 1.165) is 22.9 Å². The topological polar surface area (TPSA) is 58.9 Å². The van der Waals surface area contributed by atoms with Crippen molar-refractivity contribution < 1.29 is 0 Å². The molecule has 2 aromatic rings. The van der Waals surface area contributed by atoms with Crippen molar-refractivity contribution in [3.05, 3.63) is 46.2 Å². The van der Waals surface area contributed by atoms with E-state index in [0.29, 0.717) is 6.54 Å². The Morgan fingerprint density at radius 2 is 2.00 bits per heavy atom. The average molecular weight is 188 g/mol. The van der Waals surface area contributed by atoms with Crippen molar-refractivity contribution >= 4 is 10.9 Å². The Morgan fingerprint density at radius 3 is 2.79 bits per heavy atom. The van der Waals surface area contributed by atoms with Crippen molar-refractivity contribution in [2.75, 3.05) is 6.54 Å². The fourth-order valence-corrected chi connectivity index (χ4v) is 1.52. The molecule has 0 saturated carbocycles. The molecule has 1 aromatic heterocycles. The molecule has 0 radical (unpaired) electrons. The van der Waals surface area contributed by atoms with Gasteiger partial charge in [-0.3, -0.25) is 4.79 Å². The molecule has 0 aliphatic carbocycles. The molecule has 3 nitrogen and oxygen atoms in total. The van der Waals surface area contributed by atoms with E-state index in [1.807, 2.05) is 24.3 Å². The maximum absolute atomic E-state index is 11.1. The third-order valence-electron chi connectivity index (χ3n) is 2.22. The minimum absolute atomic E-state index is 0.0672. The zero-order valence-electron chi connectivity index (χ0n) is 7.79. The van der Waals surface area contributed by atoms with Crippen LogP contribution in [0.15, 0.2) is 35.1 Å². The van der Waals surface area contributed by atoms with Gasteiger partial charge in [0.2, 0.25) is 5.56 Å². The van der Waals surface area contributed by atoms with Crippen molar-refractivity contribution in [1.29, 1.82) is 0 Å². The van der Waals surface area contributed by atoms with Crippen LogP contribution in [-0.2, 0) is 6.42 Å². The number of aromatic amines is 1. The number of pyridine rings is 1. The molecular formula is C11H12N2O. The van der Waals surface area contributed by atoms with Crippen molar-refractivity contribution in [1.82, 2.24) is 4.98 Å². The van der Waals surface area contributed by atoms with Crippen LogP contribution in [-0.4, -0.2) is 11.5 Å². The molecule has 0 bridgehead atoms. The van der Waals surface area contributed by atoms with Gasteiger partial charge in [0.05, 0.1) is 0 Å². The van der Waals surface area contributed by atoms with Crippen LogP contribution in [0.2, 0.25) is 0 Å². The molecule has 0 aliphatic heterocycles. The Balaban J connectivity index is 2.58. The van der Waals surface area contributed by atoms with Gasteiger partial charge in [-0.05, 0) is 36.0 Å². The van der Waals surface area contributed by atoms with Crippen molar-refractivity contribution in [2.45, 2.75) is 6.42 Å². The van der Waals surface area contributed by atoms with Gasteiger partial charge < -0.3 is 10.7 Å². The Kier molecular flexibility index (Phi) is 2.33. The zero-order valence-corrected chi connectivity index (χ0v) is 7.79. The highest BCUT2D eigenvalue weighted by Gasteiger charge is 1.96. The maximum Gasteiger partial charge on any atom is 0.248 e. The summed E-state index contributed by atoms with van der Waals surface area (Å²) < 4.78 is 0. The molecular weight excluding hydrogens is 176 g/mol. The SMILES string of the molecule is NCCc1ccc2ccc(=O)[nH]c2c1. The predicted octanol–water partition coefficient (Wildman–Crippen LogP) is 1.03. The van der Waals surface area contributed by atoms with Gasteiger partial charge in [0.15, 0.2) is 0 Å². The number of H-pyrrole nitrogens is 1. The van der Waals surface area contributed by atoms with Crippen molar-refractivity contribution in [3.8, 4) is 0 Å². The highest BCUT2D eigenvalue weighted by atomic mass is 16.1. The number of benzene rings is 1. The number of fused-ring (bicyclic) bond motifs is 1. The first-order valence-electron chi connectivity index (χ1n) is 4.61. The van der Waals surface area contributed by atoms with Crippen LogP contribution in [0.4, 0.5) is 0 Å². The predicted molar refractivity (Wildman–Crippen MR) is 57.3 cm³/mol. The minimum Gasteiger partial charge on any atom is -0.330 e. The Hall–Kier alpha value is -1.61. The molecule has 14 heavy (non-hydrogen) atoms. The molecule has 3 heteroatoms. The fraction of sp³-hybridized carbons (Fsp3) is 0.182. The van der Waals surface area contributed by atoms with E-state index in [2.05, 4.69) is 4.98 Å². The van der Waals surface area contributed by atoms with Gasteiger partial charge in [-0.15, -0.1) is 0 Å². The second-order valence-corrected chi connectivity index (χ2v) is 3.28. The number of aromatic nitrogens is 1. The van der Waals surface area contributed by atoms with Crippen LogP contribution in [0.5, 0.6) is 0 Å². The van der Waals surface area contributed by atoms with Gasteiger partial charge in [0.1, 0.15) is 0 Å². The summed E-state index contributed by atoms with van der Waals surface area (Å²) in [6.07, 6.45) is 0.840. The third kappa shape index (κ3) is 1.67. The standard InChI is InChI=1S/C11H12N2O/c12-6-5-8-1-2-9-3-4-11(14)13-10(9)7-8/h1-4,7H,5-6,12H2,(H,13,14). The van der Waals surface area contributed by atoms with Crippen LogP contribution in [0.3, 0.4) is 0 Å². The first kappa shape index (κ1) is 8.97. The molecule has 0 amide bonds. The molecule has 1 aromatic carbocycles. The van der Waals surface area contributed by atoms with Gasteiger partial charge in [0.25, 0.3) is 0 Å². The van der Waals surface area contributed by atoms with Gasteiger partial charge in [0, 0.05) is 11.6 Å². The van der Waals surface area contributed by atoms with Crippen LogP contribution in [0, 0.1) is 0 Å². The Labute approximate surface area is 81.6 Å². The fourth-order valence-electron chi connectivity index (χ4n) is 1.52. The summed E-state index contributed by atoms with van der Waals surface area (Å²) in [5.41, 5.74) is 7.43. The average Bonchev–Trinajstić information content (AvgIpc) is 2.17. The Bertz CT molecular complexity index is 502. The van der Waals surface area contributed by atoms with E-state index in [1.54, 1.807) is 0 Å². The van der Waals surface area contributed by atoms with E-state index in [-0.39, 0.29) is 5.56 Å². The molecule has 0 spiro atoms. The van der Waals surface area contributed by atoms with Crippen molar-refractivity contribution in [2.24, 2.45) is 5.73 Å². The number of nitrogens with one attached hydrogen (secondary N) is 1. The van der Waals surface area contributed by atoms with Crippen molar-refractivity contribution in [3.63, 3.8) is 0 Å². The number of rotatable bonds is 2. The van der Waals surface area contributed by atoms with Gasteiger partial charge in [-0.2, -0.15) is 0 Å². The summed E-state index contributed by atoms with van der Waals surface area (Å²) in [5, 5.41) is 1.05. The lowest BCUT2D eigenvalue weighted by atomic mass is 10.1. The highest BCUT2D eigenvalue weighted by Crippen LogP contribution is 2.11. The largest absolute Gasteiger partial charge is 0.330 e. The summed E-state index contributed by atoms with van der Waals surface area (Å²) in [4.78, 5) is 13.9. The summed E-state index contributed by atoms with van der Waals surface area (Å²) in [6.45, 7) is 0.628. The minimum atomic E-state index is -0.0672. The molecule has 72 valence electrons. The molecule has 3 N–H and O–H groups in total. The lowest BCUT2D eigenvalue weighted by Crippen LogP contribution is -2.05. The molecule has 0 unspecified atom stereocenters. The van der Waals surface area contributed by atoms with Crippen LogP contribution < -0.4 is 11.3 Å². The second-order valence-electron chi connectivity index (χ2n) is 3.28. The van der Waals surface area contributed by atoms with E-state index >= 15 is 0 Å². The lowest BCUT2D eigenvalue weighted by Gasteiger charge is -2.01. The smallest absolute Gasteiger partial charge is 0.248 e. The highest BCUT2D eigenvalue weighted by molar-refractivity contribution is 5.78. The molecule has 0 saturated heterocycles. The number of hydrogen-bond donors (Lipinski definition) is 2.